The number of hydrogen-bond donors (Lipinski definition) is 2. The van der Waals surface area contributed by atoms with Crippen LogP contribution in [0, 0.1) is 5.92 Å². The molecule has 166 valence electrons. The molecule has 0 saturated carbocycles. The Morgan fingerprint density at radius 3 is 2.56 bits per heavy atom. The number of thiazole rings is 1. The Labute approximate surface area is 196 Å². The zero-order valence-electron chi connectivity index (χ0n) is 17.6. The number of nitrogens with zero attached hydrogens (tertiary/aromatic N) is 2. The van der Waals surface area contributed by atoms with Gasteiger partial charge in [-0.3, -0.25) is 4.79 Å². The van der Waals surface area contributed by atoms with E-state index >= 15 is 0 Å². The molecule has 1 saturated heterocycles. The first kappa shape index (κ1) is 22.3. The number of nitrogens with two attached hydrogens (primary N) is 1. The summed E-state index contributed by atoms with van der Waals surface area (Å²) in [5.41, 5.74) is 8.41. The lowest BCUT2D eigenvalue weighted by Crippen LogP contribution is -2.41. The van der Waals surface area contributed by atoms with Crippen LogP contribution in [0.25, 0.3) is 11.1 Å². The second kappa shape index (κ2) is 10.1. The van der Waals surface area contributed by atoms with E-state index in [-0.39, 0.29) is 11.9 Å². The Morgan fingerprint density at radius 2 is 1.84 bits per heavy atom. The number of hydrogen-bond acceptors (Lipinski definition) is 4. The van der Waals surface area contributed by atoms with Gasteiger partial charge in [-0.15, -0.1) is 11.3 Å². The zero-order valence-corrected chi connectivity index (χ0v) is 19.2. The van der Waals surface area contributed by atoms with Crippen molar-refractivity contribution < 1.29 is 9.59 Å². The van der Waals surface area contributed by atoms with Crippen molar-refractivity contribution in [1.29, 1.82) is 0 Å². The molecule has 1 fully saturated rings. The van der Waals surface area contributed by atoms with Gasteiger partial charge in [-0.05, 0) is 55.4 Å². The van der Waals surface area contributed by atoms with E-state index in [2.05, 4.69) is 10.3 Å². The smallest absolute Gasteiger partial charge is 0.314 e. The highest BCUT2D eigenvalue weighted by molar-refractivity contribution is 7.09. The molecule has 0 radical (unpaired) electrons. The summed E-state index contributed by atoms with van der Waals surface area (Å²) in [5, 5.41) is 6.43. The van der Waals surface area contributed by atoms with Gasteiger partial charge in [0.15, 0.2) is 0 Å². The summed E-state index contributed by atoms with van der Waals surface area (Å²) < 4.78 is 0. The van der Waals surface area contributed by atoms with Crippen LogP contribution < -0.4 is 11.1 Å². The molecule has 2 aromatic carbocycles. The molecule has 2 heterocycles. The molecule has 0 spiro atoms. The first-order chi connectivity index (χ1) is 15.5. The monoisotopic (exact) mass is 468 g/mol. The summed E-state index contributed by atoms with van der Waals surface area (Å²) in [5.74, 6) is 0.335. The normalized spacial score (nSPS) is 14.3. The number of urea groups is 1. The number of aromatic nitrogens is 1. The summed E-state index contributed by atoms with van der Waals surface area (Å²) in [7, 11) is 0. The van der Waals surface area contributed by atoms with Gasteiger partial charge in [0.25, 0.3) is 5.91 Å². The number of piperidine rings is 1. The number of benzene rings is 2. The van der Waals surface area contributed by atoms with Crippen molar-refractivity contribution in [2.45, 2.75) is 25.7 Å². The summed E-state index contributed by atoms with van der Waals surface area (Å²) in [6.45, 7) is 1.44. The Kier molecular flexibility index (Phi) is 7.07. The third-order valence-electron chi connectivity index (χ3n) is 5.81. The van der Waals surface area contributed by atoms with Crippen molar-refractivity contribution in [1.82, 2.24) is 9.88 Å². The van der Waals surface area contributed by atoms with Gasteiger partial charge in [0.05, 0.1) is 5.01 Å². The van der Waals surface area contributed by atoms with Gasteiger partial charge in [0.1, 0.15) is 5.69 Å². The first-order valence-corrected chi connectivity index (χ1v) is 11.9. The van der Waals surface area contributed by atoms with Crippen molar-refractivity contribution in [2.75, 3.05) is 18.4 Å². The molecule has 0 atom stereocenters. The zero-order chi connectivity index (χ0) is 22.5. The summed E-state index contributed by atoms with van der Waals surface area (Å²) in [4.78, 5) is 30.3. The second-order valence-corrected chi connectivity index (χ2v) is 9.32. The van der Waals surface area contributed by atoms with E-state index < -0.39 is 0 Å². The average molecular weight is 469 g/mol. The lowest BCUT2D eigenvalue weighted by molar-refractivity contribution is 0.102. The number of anilines is 1. The highest BCUT2D eigenvalue weighted by Gasteiger charge is 2.21. The number of amides is 3. The van der Waals surface area contributed by atoms with E-state index in [1.165, 1.54) is 11.3 Å². The van der Waals surface area contributed by atoms with Crippen LogP contribution in [0.5, 0.6) is 0 Å². The topological polar surface area (TPSA) is 88.3 Å². The molecule has 6 nitrogen and oxygen atoms in total. The lowest BCUT2D eigenvalue weighted by atomic mass is 9.92. The highest BCUT2D eigenvalue weighted by atomic mass is 35.5. The SMILES string of the molecule is NC(=O)N1CCC(CCc2nc(C(=O)Nc3ccccc3-c3ccc(Cl)cc3)cs2)CC1. The van der Waals surface area contributed by atoms with Gasteiger partial charge in [-0.2, -0.15) is 0 Å². The van der Waals surface area contributed by atoms with Crippen LogP contribution >= 0.6 is 22.9 Å². The minimum atomic E-state index is -0.336. The van der Waals surface area contributed by atoms with E-state index in [0.29, 0.717) is 16.6 Å². The standard InChI is InChI=1S/C24H25ClN4O2S/c25-18-8-6-17(7-9-18)19-3-1-2-4-20(19)28-23(30)21-15-32-22(27-21)10-5-16-11-13-29(14-12-16)24(26)31/h1-4,6-9,15-16H,5,10-14H2,(H2,26,31)(H,28,30). The molecule has 3 aromatic rings. The molecule has 3 amide bonds. The largest absolute Gasteiger partial charge is 0.351 e. The minimum Gasteiger partial charge on any atom is -0.351 e. The number of halogens is 1. The van der Waals surface area contributed by atoms with Crippen molar-refractivity contribution in [3.05, 3.63) is 69.6 Å². The minimum absolute atomic E-state index is 0.219. The van der Waals surface area contributed by atoms with E-state index in [0.717, 1.165) is 60.6 Å². The van der Waals surface area contributed by atoms with Crippen molar-refractivity contribution in [2.24, 2.45) is 11.7 Å². The van der Waals surface area contributed by atoms with Crippen LogP contribution in [-0.2, 0) is 6.42 Å². The van der Waals surface area contributed by atoms with E-state index in [9.17, 15) is 9.59 Å². The maximum atomic E-state index is 12.8. The van der Waals surface area contributed by atoms with E-state index in [1.807, 2.05) is 53.9 Å². The van der Waals surface area contributed by atoms with Crippen LogP contribution in [0.4, 0.5) is 10.5 Å². The number of primary amides is 1. The molecule has 0 bridgehead atoms. The second-order valence-electron chi connectivity index (χ2n) is 7.94. The van der Waals surface area contributed by atoms with Crippen molar-refractivity contribution >= 4 is 40.6 Å². The summed E-state index contributed by atoms with van der Waals surface area (Å²) in [6.07, 6.45) is 3.76. The Hall–Kier alpha value is -2.90. The lowest BCUT2D eigenvalue weighted by Gasteiger charge is -2.30. The van der Waals surface area contributed by atoms with Crippen LogP contribution in [0.2, 0.25) is 5.02 Å². The molecule has 0 aliphatic carbocycles. The van der Waals surface area contributed by atoms with Crippen molar-refractivity contribution in [3.8, 4) is 11.1 Å². The van der Waals surface area contributed by atoms with Gasteiger partial charge in [-0.1, -0.05) is 41.9 Å². The van der Waals surface area contributed by atoms with Gasteiger partial charge in [0, 0.05) is 34.7 Å². The average Bonchev–Trinajstić information content (AvgIpc) is 3.28. The van der Waals surface area contributed by atoms with Crippen LogP contribution in [-0.4, -0.2) is 34.9 Å². The van der Waals surface area contributed by atoms with E-state index in [1.54, 1.807) is 4.90 Å². The highest BCUT2D eigenvalue weighted by Crippen LogP contribution is 2.29. The number of aryl methyl sites for hydroxylation is 1. The Bertz CT molecular complexity index is 1090. The molecular formula is C24H25ClN4O2S. The Balaban J connectivity index is 1.36. The third-order valence-corrected chi connectivity index (χ3v) is 6.97. The molecule has 8 heteroatoms. The van der Waals surface area contributed by atoms with Gasteiger partial charge >= 0.3 is 6.03 Å². The maximum Gasteiger partial charge on any atom is 0.314 e. The molecule has 32 heavy (non-hydrogen) atoms. The molecule has 0 unspecified atom stereocenters. The molecule has 1 aliphatic rings. The summed E-state index contributed by atoms with van der Waals surface area (Å²) >= 11 is 7.52. The predicted octanol–water partition coefficient (Wildman–Crippen LogP) is 5.44. The fourth-order valence-corrected chi connectivity index (χ4v) is 4.88. The quantitative estimate of drug-likeness (QED) is 0.504. The number of nitrogens with one attached hydrogen (secondary N) is 1. The molecule has 1 aliphatic heterocycles. The number of carbonyl (C=O) groups excluding carboxylic acids is 2. The number of carbonyl (C=O) groups is 2. The van der Waals surface area contributed by atoms with Gasteiger partial charge in [-0.25, -0.2) is 9.78 Å². The fraction of sp³-hybridized carbons (Fsp3) is 0.292. The third kappa shape index (κ3) is 5.47. The first-order valence-electron chi connectivity index (χ1n) is 10.6. The number of rotatable bonds is 6. The predicted molar refractivity (Wildman–Crippen MR) is 129 cm³/mol. The molecular weight excluding hydrogens is 444 g/mol. The van der Waals surface area contributed by atoms with Crippen LogP contribution in [0.3, 0.4) is 0 Å². The van der Waals surface area contributed by atoms with E-state index in [4.69, 9.17) is 17.3 Å². The van der Waals surface area contributed by atoms with Gasteiger partial charge in [0.2, 0.25) is 0 Å². The molecule has 4 rings (SSSR count). The number of likely N-dealkylation sites (tertiary alicyclic amines) is 1. The maximum absolute atomic E-state index is 12.8. The summed E-state index contributed by atoms with van der Waals surface area (Å²) in [6, 6.07) is 14.9. The van der Waals surface area contributed by atoms with Crippen LogP contribution in [0.15, 0.2) is 53.9 Å². The Morgan fingerprint density at radius 1 is 1.12 bits per heavy atom. The van der Waals surface area contributed by atoms with Crippen LogP contribution in [0.1, 0.15) is 34.8 Å². The molecule has 1 aromatic heterocycles. The fourth-order valence-electron chi connectivity index (χ4n) is 3.96. The van der Waals surface area contributed by atoms with Crippen molar-refractivity contribution in [3.63, 3.8) is 0 Å². The molecule has 3 N–H and O–H groups in total. The number of para-hydroxylation sites is 1. The van der Waals surface area contributed by atoms with Gasteiger partial charge < -0.3 is 16.0 Å².